The predicted octanol–water partition coefficient (Wildman–Crippen LogP) is 2.48. The molecule has 2 heterocycles. The summed E-state index contributed by atoms with van der Waals surface area (Å²) in [4.78, 5) is 22.3. The standard InChI is InChI=1S/C16H15ClFN7O/c1-9-14(16(26)21-12-7-19-8-20-15(12)24(2)3)22-23-25(9)13-5-4-10(17)6-11(13)18/h4-8H,1-3H3,(H,21,26). The number of halogens is 2. The minimum atomic E-state index is -0.566. The van der Waals surface area contributed by atoms with Crippen molar-refractivity contribution in [2.75, 3.05) is 24.3 Å². The fraction of sp³-hybridized carbons (Fsp3) is 0.188. The summed E-state index contributed by atoms with van der Waals surface area (Å²) in [7, 11) is 3.59. The second kappa shape index (κ2) is 7.04. The van der Waals surface area contributed by atoms with Crippen LogP contribution >= 0.6 is 11.6 Å². The van der Waals surface area contributed by atoms with E-state index in [0.29, 0.717) is 17.2 Å². The molecule has 1 aromatic carbocycles. The average Bonchev–Trinajstić information content (AvgIpc) is 2.96. The largest absolute Gasteiger partial charge is 0.361 e. The fourth-order valence-corrected chi connectivity index (χ4v) is 2.53. The lowest BCUT2D eigenvalue weighted by atomic mass is 10.2. The van der Waals surface area contributed by atoms with E-state index in [1.807, 2.05) is 0 Å². The van der Waals surface area contributed by atoms with Crippen LogP contribution in [-0.2, 0) is 0 Å². The summed E-state index contributed by atoms with van der Waals surface area (Å²) < 4.78 is 15.4. The summed E-state index contributed by atoms with van der Waals surface area (Å²) in [5.41, 5.74) is 1.02. The van der Waals surface area contributed by atoms with Crippen molar-refractivity contribution in [2.45, 2.75) is 6.92 Å². The van der Waals surface area contributed by atoms with Crippen molar-refractivity contribution in [1.29, 1.82) is 0 Å². The van der Waals surface area contributed by atoms with Crippen molar-refractivity contribution in [1.82, 2.24) is 25.0 Å². The lowest BCUT2D eigenvalue weighted by Gasteiger charge is -2.15. The molecule has 0 aliphatic carbocycles. The van der Waals surface area contributed by atoms with Gasteiger partial charge < -0.3 is 10.2 Å². The number of anilines is 2. The molecule has 0 saturated heterocycles. The van der Waals surface area contributed by atoms with Crippen molar-refractivity contribution in [3.05, 3.63) is 53.0 Å². The van der Waals surface area contributed by atoms with E-state index < -0.39 is 11.7 Å². The Hall–Kier alpha value is -3.07. The molecule has 3 rings (SSSR count). The summed E-state index contributed by atoms with van der Waals surface area (Å²) >= 11 is 5.77. The van der Waals surface area contributed by atoms with Crippen LogP contribution in [0, 0.1) is 12.7 Å². The number of benzene rings is 1. The molecule has 0 atom stereocenters. The molecular formula is C16H15ClFN7O. The van der Waals surface area contributed by atoms with Gasteiger partial charge in [-0.25, -0.2) is 19.0 Å². The number of hydrogen-bond donors (Lipinski definition) is 1. The van der Waals surface area contributed by atoms with Gasteiger partial charge in [0.25, 0.3) is 5.91 Å². The molecule has 3 aromatic rings. The van der Waals surface area contributed by atoms with Gasteiger partial charge in [-0.05, 0) is 25.1 Å². The first-order valence-electron chi connectivity index (χ1n) is 7.55. The monoisotopic (exact) mass is 375 g/mol. The summed E-state index contributed by atoms with van der Waals surface area (Å²) in [6.07, 6.45) is 2.87. The number of hydrogen-bond acceptors (Lipinski definition) is 6. The van der Waals surface area contributed by atoms with Gasteiger partial charge in [0.05, 0.1) is 11.9 Å². The van der Waals surface area contributed by atoms with Crippen LogP contribution in [0.1, 0.15) is 16.2 Å². The zero-order chi connectivity index (χ0) is 18.8. The van der Waals surface area contributed by atoms with Crippen LogP contribution < -0.4 is 10.2 Å². The minimum Gasteiger partial charge on any atom is -0.361 e. The Morgan fingerprint density at radius 1 is 1.35 bits per heavy atom. The van der Waals surface area contributed by atoms with Crippen LogP contribution in [0.3, 0.4) is 0 Å². The average molecular weight is 376 g/mol. The van der Waals surface area contributed by atoms with E-state index in [1.165, 1.54) is 35.4 Å². The molecule has 1 amide bonds. The Balaban J connectivity index is 1.92. The van der Waals surface area contributed by atoms with Crippen LogP contribution in [0.5, 0.6) is 0 Å². The van der Waals surface area contributed by atoms with Gasteiger partial charge in [-0.2, -0.15) is 0 Å². The summed E-state index contributed by atoms with van der Waals surface area (Å²) in [6, 6.07) is 4.17. The number of amides is 1. The van der Waals surface area contributed by atoms with Crippen LogP contribution in [-0.4, -0.2) is 45.0 Å². The Morgan fingerprint density at radius 2 is 2.12 bits per heavy atom. The lowest BCUT2D eigenvalue weighted by Crippen LogP contribution is -2.19. The molecule has 0 radical (unpaired) electrons. The third-order valence-corrected chi connectivity index (χ3v) is 3.85. The summed E-state index contributed by atoms with van der Waals surface area (Å²) in [6.45, 7) is 1.62. The van der Waals surface area contributed by atoms with Gasteiger partial charge in [-0.3, -0.25) is 4.79 Å². The van der Waals surface area contributed by atoms with Gasteiger partial charge in [-0.1, -0.05) is 16.8 Å². The van der Waals surface area contributed by atoms with Crippen LogP contribution in [0.25, 0.3) is 5.69 Å². The smallest absolute Gasteiger partial charge is 0.278 e. The number of rotatable bonds is 4. The molecule has 134 valence electrons. The number of nitrogens with one attached hydrogen (secondary N) is 1. The van der Waals surface area contributed by atoms with Crippen LogP contribution in [0.15, 0.2) is 30.7 Å². The predicted molar refractivity (Wildman–Crippen MR) is 95.4 cm³/mol. The van der Waals surface area contributed by atoms with Gasteiger partial charge >= 0.3 is 0 Å². The van der Waals surface area contributed by atoms with Gasteiger partial charge in [0.2, 0.25) is 0 Å². The van der Waals surface area contributed by atoms with E-state index in [1.54, 1.807) is 25.9 Å². The first-order valence-corrected chi connectivity index (χ1v) is 7.92. The van der Waals surface area contributed by atoms with Gasteiger partial charge in [-0.15, -0.1) is 5.10 Å². The second-order valence-corrected chi connectivity index (χ2v) is 6.08. The van der Waals surface area contributed by atoms with E-state index in [4.69, 9.17) is 11.6 Å². The quantitative estimate of drug-likeness (QED) is 0.753. The van der Waals surface area contributed by atoms with E-state index in [2.05, 4.69) is 25.6 Å². The Labute approximate surface area is 153 Å². The molecular weight excluding hydrogens is 361 g/mol. The Morgan fingerprint density at radius 3 is 2.81 bits per heavy atom. The molecule has 0 fully saturated rings. The summed E-state index contributed by atoms with van der Waals surface area (Å²) in [5, 5.41) is 10.7. The molecule has 1 N–H and O–H groups in total. The molecule has 0 unspecified atom stereocenters. The van der Waals surface area contributed by atoms with Crippen molar-refractivity contribution in [2.24, 2.45) is 0 Å². The van der Waals surface area contributed by atoms with Crippen molar-refractivity contribution in [3.63, 3.8) is 0 Å². The van der Waals surface area contributed by atoms with E-state index in [0.717, 1.165) is 0 Å². The third kappa shape index (κ3) is 3.33. The number of carbonyl (C=O) groups excluding carboxylic acids is 1. The number of carbonyl (C=O) groups is 1. The van der Waals surface area contributed by atoms with E-state index in [-0.39, 0.29) is 16.4 Å². The fourth-order valence-electron chi connectivity index (χ4n) is 2.37. The Kier molecular flexibility index (Phi) is 4.81. The van der Waals surface area contributed by atoms with Gasteiger partial charge in [0.15, 0.2) is 11.5 Å². The molecule has 0 aliphatic heterocycles. The lowest BCUT2D eigenvalue weighted by molar-refractivity contribution is 0.102. The van der Waals surface area contributed by atoms with Crippen molar-refractivity contribution in [3.8, 4) is 5.69 Å². The molecule has 0 bridgehead atoms. The zero-order valence-electron chi connectivity index (χ0n) is 14.2. The number of nitrogens with zero attached hydrogens (tertiary/aromatic N) is 6. The van der Waals surface area contributed by atoms with Gasteiger partial charge in [0.1, 0.15) is 23.5 Å². The summed E-state index contributed by atoms with van der Waals surface area (Å²) in [5.74, 6) is -0.521. The minimum absolute atomic E-state index is 0.0629. The van der Waals surface area contributed by atoms with Gasteiger partial charge in [0, 0.05) is 19.1 Å². The highest BCUT2D eigenvalue weighted by molar-refractivity contribution is 6.30. The first kappa shape index (κ1) is 17.7. The SMILES string of the molecule is Cc1c(C(=O)Nc2cncnc2N(C)C)nnn1-c1ccc(Cl)cc1F. The maximum absolute atomic E-state index is 14.1. The molecule has 0 saturated carbocycles. The topological polar surface area (TPSA) is 88.8 Å². The van der Waals surface area contributed by atoms with E-state index in [9.17, 15) is 9.18 Å². The maximum Gasteiger partial charge on any atom is 0.278 e. The third-order valence-electron chi connectivity index (χ3n) is 3.61. The first-order chi connectivity index (χ1) is 12.4. The molecule has 0 aliphatic rings. The van der Waals surface area contributed by atoms with Crippen molar-refractivity contribution < 1.29 is 9.18 Å². The highest BCUT2D eigenvalue weighted by atomic mass is 35.5. The normalized spacial score (nSPS) is 10.7. The highest BCUT2D eigenvalue weighted by Gasteiger charge is 2.20. The maximum atomic E-state index is 14.1. The Bertz CT molecular complexity index is 973. The zero-order valence-corrected chi connectivity index (χ0v) is 15.0. The molecule has 8 nitrogen and oxygen atoms in total. The molecule has 10 heteroatoms. The second-order valence-electron chi connectivity index (χ2n) is 5.64. The van der Waals surface area contributed by atoms with Crippen LogP contribution in [0.4, 0.5) is 15.9 Å². The number of aromatic nitrogens is 5. The van der Waals surface area contributed by atoms with Crippen molar-refractivity contribution >= 4 is 29.0 Å². The van der Waals surface area contributed by atoms with E-state index >= 15 is 0 Å². The highest BCUT2D eigenvalue weighted by Crippen LogP contribution is 2.22. The molecule has 0 spiro atoms. The molecule has 26 heavy (non-hydrogen) atoms. The molecule has 2 aromatic heterocycles. The van der Waals surface area contributed by atoms with Crippen LogP contribution in [0.2, 0.25) is 5.02 Å².